The Morgan fingerprint density at radius 3 is 2.89 bits per heavy atom. The number of fused-ring (bicyclic) bond motifs is 1. The number of rotatable bonds is 2. The molecule has 3 heterocycles. The first-order valence-corrected chi connectivity index (χ1v) is 5.78. The lowest BCUT2D eigenvalue weighted by molar-refractivity contribution is 0.101. The Morgan fingerprint density at radius 2 is 2.11 bits per heavy atom. The SMILES string of the molecule is Cc1nc2cccnn2c1C(=O)Nc1ccccn1. The van der Waals surface area contributed by atoms with E-state index in [0.717, 1.165) is 0 Å². The first-order chi connectivity index (χ1) is 9.25. The molecule has 0 fully saturated rings. The Kier molecular flexibility index (Phi) is 2.68. The molecule has 1 amide bonds. The predicted molar refractivity (Wildman–Crippen MR) is 69.9 cm³/mol. The fourth-order valence-corrected chi connectivity index (χ4v) is 1.87. The summed E-state index contributed by atoms with van der Waals surface area (Å²) in [5, 5.41) is 6.86. The number of hydrogen-bond donors (Lipinski definition) is 1. The van der Waals surface area contributed by atoms with Crippen LogP contribution in [0.25, 0.3) is 5.65 Å². The minimum absolute atomic E-state index is 0.276. The van der Waals surface area contributed by atoms with E-state index in [-0.39, 0.29) is 5.91 Å². The zero-order chi connectivity index (χ0) is 13.2. The predicted octanol–water partition coefficient (Wildman–Crippen LogP) is 1.69. The number of carbonyl (C=O) groups is 1. The Labute approximate surface area is 109 Å². The largest absolute Gasteiger partial charge is 0.305 e. The summed E-state index contributed by atoms with van der Waals surface area (Å²) in [5.41, 5.74) is 1.69. The van der Waals surface area contributed by atoms with Gasteiger partial charge in [-0.1, -0.05) is 6.07 Å². The maximum Gasteiger partial charge on any atom is 0.277 e. The van der Waals surface area contributed by atoms with Gasteiger partial charge in [0.25, 0.3) is 5.91 Å². The lowest BCUT2D eigenvalue weighted by atomic mass is 10.3. The number of anilines is 1. The molecule has 0 aliphatic heterocycles. The second-order valence-corrected chi connectivity index (χ2v) is 4.01. The van der Waals surface area contributed by atoms with Crippen molar-refractivity contribution < 1.29 is 4.79 Å². The molecule has 1 N–H and O–H groups in total. The van der Waals surface area contributed by atoms with E-state index in [9.17, 15) is 4.79 Å². The number of nitrogens with one attached hydrogen (secondary N) is 1. The highest BCUT2D eigenvalue weighted by molar-refractivity contribution is 6.03. The van der Waals surface area contributed by atoms with E-state index in [4.69, 9.17) is 0 Å². The second kappa shape index (κ2) is 4.49. The maximum absolute atomic E-state index is 12.3. The van der Waals surface area contributed by atoms with Gasteiger partial charge in [-0.15, -0.1) is 0 Å². The number of carbonyl (C=O) groups excluding carboxylic acids is 1. The van der Waals surface area contributed by atoms with Crippen molar-refractivity contribution in [2.75, 3.05) is 5.32 Å². The lowest BCUT2D eigenvalue weighted by Crippen LogP contribution is -2.17. The van der Waals surface area contributed by atoms with Gasteiger partial charge < -0.3 is 5.32 Å². The average molecular weight is 253 g/mol. The van der Waals surface area contributed by atoms with Crippen molar-refractivity contribution >= 4 is 17.4 Å². The van der Waals surface area contributed by atoms with Crippen molar-refractivity contribution in [1.82, 2.24) is 19.6 Å². The molecular formula is C13H11N5O. The molecule has 3 aromatic heterocycles. The molecule has 0 aliphatic rings. The second-order valence-electron chi connectivity index (χ2n) is 4.01. The van der Waals surface area contributed by atoms with Gasteiger partial charge in [0.15, 0.2) is 11.3 Å². The number of aryl methyl sites for hydroxylation is 1. The van der Waals surface area contributed by atoms with E-state index >= 15 is 0 Å². The molecule has 0 saturated carbocycles. The number of imidazole rings is 1. The van der Waals surface area contributed by atoms with Crippen LogP contribution in [0, 0.1) is 6.92 Å². The van der Waals surface area contributed by atoms with Crippen LogP contribution in [0.15, 0.2) is 42.7 Å². The fourth-order valence-electron chi connectivity index (χ4n) is 1.87. The standard InChI is InChI=1S/C13H11N5O/c1-9-12(18-11(16-9)6-4-8-15-18)13(19)17-10-5-2-3-7-14-10/h2-8H,1H3,(H,14,17,19). The van der Waals surface area contributed by atoms with Crippen LogP contribution in [-0.2, 0) is 0 Å². The quantitative estimate of drug-likeness (QED) is 0.754. The van der Waals surface area contributed by atoms with Gasteiger partial charge in [0, 0.05) is 12.4 Å². The molecule has 0 aliphatic carbocycles. The van der Waals surface area contributed by atoms with Gasteiger partial charge in [-0.3, -0.25) is 4.79 Å². The first-order valence-electron chi connectivity index (χ1n) is 5.78. The van der Waals surface area contributed by atoms with Gasteiger partial charge in [-0.05, 0) is 31.2 Å². The lowest BCUT2D eigenvalue weighted by Gasteiger charge is -2.03. The molecule has 0 atom stereocenters. The number of hydrogen-bond acceptors (Lipinski definition) is 4. The molecule has 3 aromatic rings. The molecule has 6 heteroatoms. The molecule has 6 nitrogen and oxygen atoms in total. The Bertz CT molecular complexity index is 735. The zero-order valence-corrected chi connectivity index (χ0v) is 10.2. The van der Waals surface area contributed by atoms with E-state index in [2.05, 4.69) is 20.4 Å². The summed E-state index contributed by atoms with van der Waals surface area (Å²) in [7, 11) is 0. The summed E-state index contributed by atoms with van der Waals surface area (Å²) in [5.74, 6) is 0.222. The van der Waals surface area contributed by atoms with Crippen LogP contribution in [0.1, 0.15) is 16.2 Å². The van der Waals surface area contributed by atoms with Gasteiger partial charge in [-0.2, -0.15) is 5.10 Å². The van der Waals surface area contributed by atoms with Crippen molar-refractivity contribution in [3.8, 4) is 0 Å². The molecule has 3 rings (SSSR count). The highest BCUT2D eigenvalue weighted by atomic mass is 16.2. The number of amides is 1. The van der Waals surface area contributed by atoms with Crippen LogP contribution in [-0.4, -0.2) is 25.5 Å². The van der Waals surface area contributed by atoms with Gasteiger partial charge in [0.05, 0.1) is 5.69 Å². The molecule has 0 aromatic carbocycles. The Morgan fingerprint density at radius 1 is 1.21 bits per heavy atom. The van der Waals surface area contributed by atoms with Crippen LogP contribution in [0.4, 0.5) is 5.82 Å². The average Bonchev–Trinajstić information content (AvgIpc) is 2.75. The van der Waals surface area contributed by atoms with Crippen molar-refractivity contribution in [2.24, 2.45) is 0 Å². The first kappa shape index (κ1) is 11.3. The summed E-state index contributed by atoms with van der Waals surface area (Å²) in [4.78, 5) is 20.6. The Balaban J connectivity index is 2.00. The van der Waals surface area contributed by atoms with Crippen molar-refractivity contribution in [3.63, 3.8) is 0 Å². The molecule has 19 heavy (non-hydrogen) atoms. The molecular weight excluding hydrogens is 242 g/mol. The third-order valence-electron chi connectivity index (χ3n) is 2.69. The van der Waals surface area contributed by atoms with E-state index in [0.29, 0.717) is 22.9 Å². The fraction of sp³-hybridized carbons (Fsp3) is 0.0769. The van der Waals surface area contributed by atoms with Crippen LogP contribution < -0.4 is 5.32 Å². The Hall–Kier alpha value is -2.76. The normalized spacial score (nSPS) is 10.6. The summed E-state index contributed by atoms with van der Waals surface area (Å²) in [6, 6.07) is 8.91. The molecule has 0 bridgehead atoms. The third kappa shape index (κ3) is 2.03. The molecule has 0 saturated heterocycles. The van der Waals surface area contributed by atoms with Crippen LogP contribution >= 0.6 is 0 Å². The van der Waals surface area contributed by atoms with E-state index in [1.54, 1.807) is 43.6 Å². The van der Waals surface area contributed by atoms with Gasteiger partial charge in [0.2, 0.25) is 0 Å². The topological polar surface area (TPSA) is 72.2 Å². The third-order valence-corrected chi connectivity index (χ3v) is 2.69. The van der Waals surface area contributed by atoms with E-state index in [1.807, 2.05) is 6.07 Å². The van der Waals surface area contributed by atoms with E-state index < -0.39 is 0 Å². The smallest absolute Gasteiger partial charge is 0.277 e. The minimum atomic E-state index is -0.276. The van der Waals surface area contributed by atoms with Crippen molar-refractivity contribution in [3.05, 3.63) is 54.1 Å². The van der Waals surface area contributed by atoms with Crippen molar-refractivity contribution in [2.45, 2.75) is 6.92 Å². The molecule has 94 valence electrons. The number of aromatic nitrogens is 4. The summed E-state index contributed by atoms with van der Waals surface area (Å²) < 4.78 is 1.52. The van der Waals surface area contributed by atoms with Crippen LogP contribution in [0.3, 0.4) is 0 Å². The van der Waals surface area contributed by atoms with Gasteiger partial charge in [-0.25, -0.2) is 14.5 Å². The van der Waals surface area contributed by atoms with Crippen LogP contribution in [0.2, 0.25) is 0 Å². The summed E-state index contributed by atoms with van der Waals surface area (Å²) in [6.45, 7) is 1.78. The summed E-state index contributed by atoms with van der Waals surface area (Å²) >= 11 is 0. The monoisotopic (exact) mass is 253 g/mol. The minimum Gasteiger partial charge on any atom is -0.305 e. The molecule has 0 radical (unpaired) electrons. The zero-order valence-electron chi connectivity index (χ0n) is 10.2. The molecule has 0 spiro atoms. The number of pyridine rings is 1. The summed E-state index contributed by atoms with van der Waals surface area (Å²) in [6.07, 6.45) is 3.24. The number of nitrogens with zero attached hydrogens (tertiary/aromatic N) is 4. The highest BCUT2D eigenvalue weighted by Gasteiger charge is 2.17. The maximum atomic E-state index is 12.3. The van der Waals surface area contributed by atoms with E-state index in [1.165, 1.54) is 4.52 Å². The van der Waals surface area contributed by atoms with Gasteiger partial charge >= 0.3 is 0 Å². The van der Waals surface area contributed by atoms with Crippen LogP contribution in [0.5, 0.6) is 0 Å². The highest BCUT2D eigenvalue weighted by Crippen LogP contribution is 2.12. The van der Waals surface area contributed by atoms with Crippen molar-refractivity contribution in [1.29, 1.82) is 0 Å². The molecule has 0 unspecified atom stereocenters. The van der Waals surface area contributed by atoms with Gasteiger partial charge in [0.1, 0.15) is 5.82 Å².